The largest absolute Gasteiger partial charge is 0.494 e. The van der Waals surface area contributed by atoms with Gasteiger partial charge in [0.25, 0.3) is 5.56 Å². The van der Waals surface area contributed by atoms with E-state index in [9.17, 15) is 14.7 Å². The van der Waals surface area contributed by atoms with Gasteiger partial charge >= 0.3 is 5.69 Å². The van der Waals surface area contributed by atoms with E-state index >= 15 is 0 Å². The molecule has 2 heterocycles. The summed E-state index contributed by atoms with van der Waals surface area (Å²) in [5.74, 6) is -0.277. The van der Waals surface area contributed by atoms with Gasteiger partial charge in [-0.15, -0.1) is 0 Å². The molecule has 23 heavy (non-hydrogen) atoms. The van der Waals surface area contributed by atoms with Crippen molar-refractivity contribution < 1.29 is 5.11 Å². The maximum atomic E-state index is 12.4. The van der Waals surface area contributed by atoms with Crippen LogP contribution >= 0.6 is 0 Å². The highest BCUT2D eigenvalue weighted by molar-refractivity contribution is 5.42. The van der Waals surface area contributed by atoms with E-state index in [0.29, 0.717) is 6.54 Å². The topological polar surface area (TPSA) is 87.1 Å². The van der Waals surface area contributed by atoms with Crippen molar-refractivity contribution in [3.63, 3.8) is 0 Å². The molecule has 6 nitrogen and oxygen atoms in total. The van der Waals surface area contributed by atoms with E-state index < -0.39 is 22.8 Å². The van der Waals surface area contributed by atoms with Crippen LogP contribution in [0.4, 0.5) is 0 Å². The highest BCUT2D eigenvalue weighted by atomic mass is 16.3. The van der Waals surface area contributed by atoms with E-state index in [1.165, 1.54) is 4.57 Å². The number of fused-ring (bicyclic) bond motifs is 1. The Labute approximate surface area is 133 Å². The number of aromatic hydroxyl groups is 1. The van der Waals surface area contributed by atoms with Gasteiger partial charge in [-0.2, -0.15) is 0 Å². The van der Waals surface area contributed by atoms with Crippen molar-refractivity contribution in [1.82, 2.24) is 14.9 Å². The van der Waals surface area contributed by atoms with Crippen LogP contribution in [-0.2, 0) is 12.0 Å². The molecule has 6 heteroatoms. The second kappa shape index (κ2) is 5.38. The smallest absolute Gasteiger partial charge is 0.331 e. The van der Waals surface area contributed by atoms with Crippen LogP contribution in [0.15, 0.2) is 33.9 Å². The van der Waals surface area contributed by atoms with Gasteiger partial charge in [0.2, 0.25) is 5.88 Å². The molecule has 1 atom stereocenters. The van der Waals surface area contributed by atoms with Gasteiger partial charge in [-0.25, -0.2) is 4.79 Å². The first kappa shape index (κ1) is 15.6. The Bertz CT molecular complexity index is 859. The lowest BCUT2D eigenvalue weighted by molar-refractivity contribution is 0.298. The number of aromatic amines is 1. The number of aromatic nitrogens is 2. The molecule has 3 N–H and O–H groups in total. The summed E-state index contributed by atoms with van der Waals surface area (Å²) >= 11 is 0. The summed E-state index contributed by atoms with van der Waals surface area (Å²) in [4.78, 5) is 26.8. The molecule has 0 spiro atoms. The molecule has 0 amide bonds. The van der Waals surface area contributed by atoms with Crippen LogP contribution in [-0.4, -0.2) is 21.2 Å². The summed E-state index contributed by atoms with van der Waals surface area (Å²) in [6.45, 7) is 6.12. The fraction of sp³-hybridized carbons (Fsp3) is 0.412. The van der Waals surface area contributed by atoms with Crippen molar-refractivity contribution in [1.29, 1.82) is 0 Å². The number of H-pyrrole nitrogens is 1. The van der Waals surface area contributed by atoms with E-state index in [-0.39, 0.29) is 11.4 Å². The summed E-state index contributed by atoms with van der Waals surface area (Å²) < 4.78 is 1.22. The van der Waals surface area contributed by atoms with E-state index in [0.717, 1.165) is 17.5 Å². The second-order valence-electron chi connectivity index (χ2n) is 6.84. The molecule has 3 rings (SSSR count). The average molecular weight is 315 g/mol. The van der Waals surface area contributed by atoms with Crippen LogP contribution in [0.1, 0.15) is 43.5 Å². The third-order valence-electron chi connectivity index (χ3n) is 4.19. The lowest BCUT2D eigenvalue weighted by atomic mass is 9.90. The van der Waals surface area contributed by atoms with E-state index in [4.69, 9.17) is 0 Å². The second-order valence-corrected chi connectivity index (χ2v) is 6.84. The Morgan fingerprint density at radius 1 is 1.22 bits per heavy atom. The fourth-order valence-corrected chi connectivity index (χ4v) is 3.18. The highest BCUT2D eigenvalue weighted by Gasteiger charge is 2.30. The summed E-state index contributed by atoms with van der Waals surface area (Å²) in [7, 11) is 0. The normalized spacial score (nSPS) is 17.8. The Kier molecular flexibility index (Phi) is 3.64. The monoisotopic (exact) mass is 315 g/mol. The zero-order valence-corrected chi connectivity index (χ0v) is 13.5. The van der Waals surface area contributed by atoms with Gasteiger partial charge in [-0.3, -0.25) is 14.3 Å². The number of benzene rings is 1. The SMILES string of the molecule is CC(C)(C)n1c(O)c(C2NCCc3ccccc32)c(=O)[nH]c1=O. The van der Waals surface area contributed by atoms with E-state index in [1.807, 2.05) is 24.3 Å². The maximum absolute atomic E-state index is 12.4. The molecule has 1 aromatic heterocycles. The molecule has 1 aliphatic rings. The van der Waals surface area contributed by atoms with Crippen molar-refractivity contribution in [3.05, 3.63) is 61.8 Å². The van der Waals surface area contributed by atoms with Gasteiger partial charge in [0, 0.05) is 12.1 Å². The standard InChI is InChI=1S/C17H21N3O3/c1-17(2,3)20-15(22)12(14(21)19-16(20)23)13-11-7-5-4-6-10(11)8-9-18-13/h4-7,13,18,22H,8-9H2,1-3H3,(H,19,21,23). The Morgan fingerprint density at radius 2 is 1.91 bits per heavy atom. The van der Waals surface area contributed by atoms with Crippen molar-refractivity contribution in [3.8, 4) is 5.88 Å². The molecule has 0 saturated carbocycles. The van der Waals surface area contributed by atoms with Crippen molar-refractivity contribution in [2.45, 2.75) is 38.8 Å². The molecule has 0 saturated heterocycles. The first-order valence-corrected chi connectivity index (χ1v) is 7.70. The van der Waals surface area contributed by atoms with Crippen LogP contribution < -0.4 is 16.6 Å². The Morgan fingerprint density at radius 3 is 2.61 bits per heavy atom. The van der Waals surface area contributed by atoms with Crippen LogP contribution in [0, 0.1) is 0 Å². The van der Waals surface area contributed by atoms with Crippen molar-refractivity contribution in [2.75, 3.05) is 6.54 Å². The molecular formula is C17H21N3O3. The minimum atomic E-state index is -0.645. The first-order valence-electron chi connectivity index (χ1n) is 7.70. The quantitative estimate of drug-likeness (QED) is 0.739. The predicted molar refractivity (Wildman–Crippen MR) is 88.0 cm³/mol. The van der Waals surface area contributed by atoms with E-state index in [2.05, 4.69) is 10.3 Å². The Balaban J connectivity index is 2.27. The molecule has 0 radical (unpaired) electrons. The molecule has 2 aromatic rings. The molecule has 1 unspecified atom stereocenters. The summed E-state index contributed by atoms with van der Waals surface area (Å²) in [5.41, 5.74) is 0.484. The van der Waals surface area contributed by atoms with Gasteiger partial charge in [-0.1, -0.05) is 24.3 Å². The van der Waals surface area contributed by atoms with Crippen molar-refractivity contribution in [2.24, 2.45) is 0 Å². The molecular weight excluding hydrogens is 294 g/mol. The molecule has 1 aromatic carbocycles. The average Bonchev–Trinajstić information content (AvgIpc) is 2.45. The van der Waals surface area contributed by atoms with Crippen molar-refractivity contribution >= 4 is 0 Å². The molecule has 0 bridgehead atoms. The van der Waals surface area contributed by atoms with Gasteiger partial charge in [0.05, 0.1) is 11.6 Å². The fourth-order valence-electron chi connectivity index (χ4n) is 3.18. The number of nitrogens with zero attached hydrogens (tertiary/aromatic N) is 1. The predicted octanol–water partition coefficient (Wildman–Crippen LogP) is 1.23. The Hall–Kier alpha value is -2.34. The minimum absolute atomic E-state index is 0.187. The first-order chi connectivity index (χ1) is 10.8. The van der Waals surface area contributed by atoms with Gasteiger partial charge in [0.15, 0.2) is 0 Å². The number of hydrogen-bond donors (Lipinski definition) is 3. The summed E-state index contributed by atoms with van der Waals surface area (Å²) in [6.07, 6.45) is 0.865. The molecule has 1 aliphatic heterocycles. The van der Waals surface area contributed by atoms with Gasteiger partial charge < -0.3 is 10.4 Å². The molecule has 0 fully saturated rings. The van der Waals surface area contributed by atoms with Crippen LogP contribution in [0.25, 0.3) is 0 Å². The molecule has 122 valence electrons. The minimum Gasteiger partial charge on any atom is -0.494 e. The lowest BCUT2D eigenvalue weighted by Crippen LogP contribution is -2.43. The van der Waals surface area contributed by atoms with Gasteiger partial charge in [0.1, 0.15) is 0 Å². The van der Waals surface area contributed by atoms with Gasteiger partial charge in [-0.05, 0) is 38.3 Å². The lowest BCUT2D eigenvalue weighted by Gasteiger charge is -2.29. The highest BCUT2D eigenvalue weighted by Crippen LogP contribution is 2.32. The zero-order chi connectivity index (χ0) is 16.8. The maximum Gasteiger partial charge on any atom is 0.331 e. The number of hydrogen-bond acceptors (Lipinski definition) is 4. The summed E-state index contributed by atoms with van der Waals surface area (Å²) in [5, 5.41) is 13.9. The molecule has 0 aliphatic carbocycles. The van der Waals surface area contributed by atoms with E-state index in [1.54, 1.807) is 20.8 Å². The van der Waals surface area contributed by atoms with Crippen LogP contribution in [0.2, 0.25) is 0 Å². The third kappa shape index (κ3) is 2.59. The number of nitrogens with one attached hydrogen (secondary N) is 2. The van der Waals surface area contributed by atoms with Crippen LogP contribution in [0.3, 0.4) is 0 Å². The number of rotatable bonds is 1. The zero-order valence-electron chi connectivity index (χ0n) is 13.5. The third-order valence-corrected chi connectivity index (χ3v) is 4.19. The summed E-state index contributed by atoms with van der Waals surface area (Å²) in [6, 6.07) is 7.40. The van der Waals surface area contributed by atoms with Crippen LogP contribution in [0.5, 0.6) is 5.88 Å².